The minimum absolute atomic E-state index is 0.0805. The number of aryl methyl sites for hydroxylation is 2. The summed E-state index contributed by atoms with van der Waals surface area (Å²) in [4.78, 5) is 4.09. The lowest BCUT2D eigenvalue weighted by atomic mass is 10.2. The summed E-state index contributed by atoms with van der Waals surface area (Å²) in [5.74, 6) is 0.290. The molecule has 7 heteroatoms. The fourth-order valence-electron chi connectivity index (χ4n) is 1.69. The van der Waals surface area contributed by atoms with Crippen LogP contribution in [0.3, 0.4) is 0 Å². The zero-order valence-corrected chi connectivity index (χ0v) is 13.1. The summed E-state index contributed by atoms with van der Waals surface area (Å²) in [6.45, 7) is 3.43. The van der Waals surface area contributed by atoms with E-state index in [4.69, 9.17) is 23.2 Å². The van der Waals surface area contributed by atoms with Gasteiger partial charge in [-0.3, -0.25) is 4.72 Å². The lowest BCUT2D eigenvalue weighted by Gasteiger charge is -2.12. The maximum Gasteiger partial charge on any atom is 0.263 e. The topological polar surface area (TPSA) is 59.1 Å². The van der Waals surface area contributed by atoms with Crippen LogP contribution in [0, 0.1) is 13.8 Å². The summed E-state index contributed by atoms with van der Waals surface area (Å²) in [6, 6.07) is 6.35. The molecule has 0 saturated heterocycles. The first kappa shape index (κ1) is 15.1. The highest BCUT2D eigenvalue weighted by atomic mass is 35.5. The van der Waals surface area contributed by atoms with Gasteiger partial charge in [-0.1, -0.05) is 29.3 Å². The van der Waals surface area contributed by atoms with Crippen molar-refractivity contribution in [2.24, 2.45) is 0 Å². The number of anilines is 1. The third-order valence-electron chi connectivity index (χ3n) is 2.75. The van der Waals surface area contributed by atoms with E-state index in [0.29, 0.717) is 10.6 Å². The van der Waals surface area contributed by atoms with Crippen molar-refractivity contribution in [2.45, 2.75) is 18.7 Å². The van der Waals surface area contributed by atoms with E-state index in [1.54, 1.807) is 26.0 Å². The Morgan fingerprint density at radius 3 is 2.40 bits per heavy atom. The first-order valence-corrected chi connectivity index (χ1v) is 7.95. The van der Waals surface area contributed by atoms with Crippen LogP contribution in [0.25, 0.3) is 0 Å². The summed E-state index contributed by atoms with van der Waals surface area (Å²) in [5.41, 5.74) is 1.24. The predicted molar refractivity (Wildman–Crippen MR) is 81.0 cm³/mol. The maximum absolute atomic E-state index is 12.4. The van der Waals surface area contributed by atoms with E-state index < -0.39 is 10.0 Å². The van der Waals surface area contributed by atoms with Crippen LogP contribution in [0.5, 0.6) is 0 Å². The molecule has 1 heterocycles. The van der Waals surface area contributed by atoms with E-state index in [1.807, 2.05) is 0 Å². The molecule has 2 rings (SSSR count). The number of hydrogen-bond acceptors (Lipinski definition) is 3. The molecule has 0 amide bonds. The Morgan fingerprint density at radius 2 is 1.75 bits per heavy atom. The molecule has 0 spiro atoms. The maximum atomic E-state index is 12.4. The van der Waals surface area contributed by atoms with E-state index in [0.717, 1.165) is 5.56 Å². The molecule has 0 atom stereocenters. The minimum Gasteiger partial charge on any atom is -0.263 e. The number of rotatable bonds is 3. The molecule has 0 aliphatic rings. The predicted octanol–water partition coefficient (Wildman–Crippen LogP) is 3.81. The van der Waals surface area contributed by atoms with Crippen LogP contribution in [-0.2, 0) is 10.0 Å². The van der Waals surface area contributed by atoms with Crippen LogP contribution in [-0.4, -0.2) is 13.4 Å². The van der Waals surface area contributed by atoms with Gasteiger partial charge in [0.25, 0.3) is 10.0 Å². The Balaban J connectivity index is 2.47. The molecule has 1 aromatic carbocycles. The molecule has 1 N–H and O–H groups in total. The number of pyridine rings is 1. The quantitative estimate of drug-likeness (QED) is 0.930. The van der Waals surface area contributed by atoms with E-state index in [9.17, 15) is 8.42 Å². The Hall–Kier alpha value is -1.30. The number of sulfonamides is 1. The minimum atomic E-state index is -3.76. The average molecular weight is 331 g/mol. The molecule has 0 bridgehead atoms. The van der Waals surface area contributed by atoms with Gasteiger partial charge in [0.05, 0.1) is 14.9 Å². The van der Waals surface area contributed by atoms with Crippen molar-refractivity contribution in [1.29, 1.82) is 0 Å². The average Bonchev–Trinajstić information content (AvgIpc) is 2.36. The second-order valence-corrected chi connectivity index (χ2v) is 6.77. The van der Waals surface area contributed by atoms with Gasteiger partial charge in [0, 0.05) is 6.20 Å². The monoisotopic (exact) mass is 330 g/mol. The number of benzene rings is 1. The molecule has 0 aliphatic carbocycles. The number of nitrogens with one attached hydrogen (secondary N) is 1. The van der Waals surface area contributed by atoms with E-state index in [-0.39, 0.29) is 15.7 Å². The lowest BCUT2D eigenvalue weighted by Crippen LogP contribution is -2.16. The molecular formula is C13H12Cl2N2O2S. The zero-order valence-electron chi connectivity index (χ0n) is 10.8. The normalized spacial score (nSPS) is 11.4. The van der Waals surface area contributed by atoms with Crippen LogP contribution in [0.2, 0.25) is 10.0 Å². The molecule has 1 aromatic heterocycles. The van der Waals surface area contributed by atoms with Gasteiger partial charge in [-0.15, -0.1) is 0 Å². The highest BCUT2D eigenvalue weighted by Crippen LogP contribution is 2.29. The molecule has 0 aliphatic heterocycles. The standard InChI is InChI=1S/C13H12Cl2N2O2S/c1-8-4-3-5-16-13(8)17-20(18,19)12-7-11(15)10(14)6-9(12)2/h3-7H,1-2H3,(H,16,17). The van der Waals surface area contributed by atoms with Crippen LogP contribution >= 0.6 is 23.2 Å². The Kier molecular flexibility index (Phi) is 4.22. The number of halogens is 2. The molecule has 4 nitrogen and oxygen atoms in total. The largest absolute Gasteiger partial charge is 0.263 e. The van der Waals surface area contributed by atoms with E-state index in [1.165, 1.54) is 18.3 Å². The third-order valence-corrected chi connectivity index (χ3v) is 4.95. The Labute approximate surface area is 127 Å². The van der Waals surface area contributed by atoms with Gasteiger partial charge in [0.1, 0.15) is 5.82 Å². The highest BCUT2D eigenvalue weighted by Gasteiger charge is 2.20. The Morgan fingerprint density at radius 1 is 1.10 bits per heavy atom. The van der Waals surface area contributed by atoms with Gasteiger partial charge in [-0.2, -0.15) is 0 Å². The molecule has 20 heavy (non-hydrogen) atoms. The third kappa shape index (κ3) is 3.06. The second kappa shape index (κ2) is 5.60. The van der Waals surface area contributed by atoms with Crippen LogP contribution in [0.1, 0.15) is 11.1 Å². The van der Waals surface area contributed by atoms with Crippen molar-refractivity contribution in [1.82, 2.24) is 4.98 Å². The first-order valence-electron chi connectivity index (χ1n) is 5.71. The van der Waals surface area contributed by atoms with Crippen molar-refractivity contribution in [3.8, 4) is 0 Å². The fourth-order valence-corrected chi connectivity index (χ4v) is 3.47. The molecule has 0 unspecified atom stereocenters. The molecular weight excluding hydrogens is 319 g/mol. The van der Waals surface area contributed by atoms with Gasteiger partial charge in [0.2, 0.25) is 0 Å². The van der Waals surface area contributed by atoms with Gasteiger partial charge < -0.3 is 0 Å². The van der Waals surface area contributed by atoms with Crippen LogP contribution in [0.15, 0.2) is 35.4 Å². The molecule has 106 valence electrons. The van der Waals surface area contributed by atoms with Gasteiger partial charge in [-0.25, -0.2) is 13.4 Å². The SMILES string of the molecule is Cc1cc(Cl)c(Cl)cc1S(=O)(=O)Nc1ncccc1C. The number of hydrogen-bond donors (Lipinski definition) is 1. The van der Waals surface area contributed by atoms with Crippen LogP contribution in [0.4, 0.5) is 5.82 Å². The fraction of sp³-hybridized carbons (Fsp3) is 0.154. The molecule has 0 saturated carbocycles. The summed E-state index contributed by atoms with van der Waals surface area (Å²) >= 11 is 11.7. The van der Waals surface area contributed by atoms with Crippen molar-refractivity contribution in [3.63, 3.8) is 0 Å². The number of aromatic nitrogens is 1. The Bertz CT molecular complexity index is 761. The van der Waals surface area contributed by atoms with E-state index >= 15 is 0 Å². The summed E-state index contributed by atoms with van der Waals surface area (Å²) < 4.78 is 27.2. The molecule has 0 radical (unpaired) electrons. The van der Waals surface area contributed by atoms with E-state index in [2.05, 4.69) is 9.71 Å². The summed E-state index contributed by atoms with van der Waals surface area (Å²) in [6.07, 6.45) is 1.52. The van der Waals surface area contributed by atoms with Crippen LogP contribution < -0.4 is 4.72 Å². The van der Waals surface area contributed by atoms with Gasteiger partial charge in [0.15, 0.2) is 0 Å². The highest BCUT2D eigenvalue weighted by molar-refractivity contribution is 7.92. The molecule has 2 aromatic rings. The number of nitrogens with zero attached hydrogens (tertiary/aromatic N) is 1. The van der Waals surface area contributed by atoms with Crippen molar-refractivity contribution >= 4 is 39.0 Å². The second-order valence-electron chi connectivity index (χ2n) is 4.31. The van der Waals surface area contributed by atoms with Crippen molar-refractivity contribution < 1.29 is 8.42 Å². The smallest absolute Gasteiger partial charge is 0.263 e. The lowest BCUT2D eigenvalue weighted by molar-refractivity contribution is 0.600. The first-order chi connectivity index (χ1) is 9.31. The summed E-state index contributed by atoms with van der Waals surface area (Å²) in [7, 11) is -3.76. The van der Waals surface area contributed by atoms with Crippen molar-refractivity contribution in [3.05, 3.63) is 51.6 Å². The van der Waals surface area contributed by atoms with Gasteiger partial charge in [-0.05, 0) is 43.2 Å². The zero-order chi connectivity index (χ0) is 14.9. The van der Waals surface area contributed by atoms with Gasteiger partial charge >= 0.3 is 0 Å². The summed E-state index contributed by atoms with van der Waals surface area (Å²) in [5, 5.41) is 0.507. The molecule has 0 fully saturated rings. The van der Waals surface area contributed by atoms with Crippen molar-refractivity contribution in [2.75, 3.05) is 4.72 Å².